The van der Waals surface area contributed by atoms with Crippen LogP contribution in [0.2, 0.25) is 0 Å². The van der Waals surface area contributed by atoms with E-state index in [4.69, 9.17) is 0 Å². The summed E-state index contributed by atoms with van der Waals surface area (Å²) < 4.78 is 0. The normalized spacial score (nSPS) is 24.6. The second-order valence-electron chi connectivity index (χ2n) is 4.86. The van der Waals surface area contributed by atoms with Crippen molar-refractivity contribution in [2.75, 3.05) is 19.6 Å². The van der Waals surface area contributed by atoms with E-state index in [9.17, 15) is 0 Å². The fraction of sp³-hybridized carbons (Fsp3) is 0.692. The molecule has 0 aromatic carbocycles. The minimum absolute atomic E-state index is 0.662. The van der Waals surface area contributed by atoms with Crippen LogP contribution >= 0.6 is 11.3 Å². The summed E-state index contributed by atoms with van der Waals surface area (Å²) >= 11 is 1.94. The number of nitrogens with one attached hydrogen (secondary N) is 1. The smallest absolute Gasteiger partial charge is 0.0195 e. The minimum atomic E-state index is 0.662. The molecule has 3 heteroatoms. The third-order valence-corrected chi connectivity index (χ3v) is 4.43. The third kappa shape index (κ3) is 2.84. The van der Waals surface area contributed by atoms with Crippen molar-refractivity contribution in [1.29, 1.82) is 0 Å². The highest BCUT2D eigenvalue weighted by Gasteiger charge is 2.23. The zero-order valence-electron chi connectivity index (χ0n) is 10.5. The largest absolute Gasteiger partial charge is 0.314 e. The van der Waals surface area contributed by atoms with Crippen LogP contribution < -0.4 is 5.32 Å². The Bertz CT molecular complexity index is 334. The summed E-state index contributed by atoms with van der Waals surface area (Å²) in [5.41, 5.74) is 0. The fourth-order valence-corrected chi connectivity index (χ4v) is 3.53. The van der Waals surface area contributed by atoms with Crippen LogP contribution in [0.25, 0.3) is 0 Å². The van der Waals surface area contributed by atoms with Gasteiger partial charge in [0, 0.05) is 41.5 Å². The molecule has 1 aromatic rings. The van der Waals surface area contributed by atoms with E-state index < -0.39 is 0 Å². The van der Waals surface area contributed by atoms with E-state index in [2.05, 4.69) is 43.1 Å². The quantitative estimate of drug-likeness (QED) is 0.869. The van der Waals surface area contributed by atoms with Gasteiger partial charge >= 0.3 is 0 Å². The maximum atomic E-state index is 3.45. The Balaban J connectivity index is 1.93. The van der Waals surface area contributed by atoms with E-state index in [0.717, 1.165) is 13.1 Å². The predicted octanol–water partition coefficient (Wildman–Crippen LogP) is 2.28. The van der Waals surface area contributed by atoms with Crippen LogP contribution in [0, 0.1) is 6.92 Å². The highest BCUT2D eigenvalue weighted by atomic mass is 32.1. The van der Waals surface area contributed by atoms with Crippen molar-refractivity contribution >= 4 is 11.3 Å². The summed E-state index contributed by atoms with van der Waals surface area (Å²) in [6, 6.07) is 5.84. The number of nitrogens with zero attached hydrogens (tertiary/aromatic N) is 1. The van der Waals surface area contributed by atoms with Crippen molar-refractivity contribution < 1.29 is 0 Å². The molecule has 16 heavy (non-hydrogen) atoms. The summed E-state index contributed by atoms with van der Waals surface area (Å²) in [4.78, 5) is 5.58. The van der Waals surface area contributed by atoms with Crippen molar-refractivity contribution in [3.8, 4) is 0 Å². The van der Waals surface area contributed by atoms with Gasteiger partial charge in [-0.2, -0.15) is 0 Å². The molecule has 0 aliphatic carbocycles. The van der Waals surface area contributed by atoms with E-state index in [-0.39, 0.29) is 0 Å². The molecule has 1 aromatic heterocycles. The third-order valence-electron chi connectivity index (χ3n) is 3.41. The SMILES string of the molecule is Cc1ccc(CC(C)N2CCNCC2C)s1. The fourth-order valence-electron chi connectivity index (χ4n) is 2.51. The molecular formula is C13H22N2S. The number of thiophene rings is 1. The number of rotatable bonds is 3. The van der Waals surface area contributed by atoms with Crippen LogP contribution in [0.4, 0.5) is 0 Å². The van der Waals surface area contributed by atoms with Gasteiger partial charge in [-0.3, -0.25) is 4.90 Å². The van der Waals surface area contributed by atoms with Gasteiger partial charge in [-0.1, -0.05) is 0 Å². The molecule has 1 N–H and O–H groups in total. The van der Waals surface area contributed by atoms with Crippen LogP contribution in [0.3, 0.4) is 0 Å². The highest BCUT2D eigenvalue weighted by Crippen LogP contribution is 2.19. The van der Waals surface area contributed by atoms with Gasteiger partial charge in [0.05, 0.1) is 0 Å². The Kier molecular flexibility index (Phi) is 4.00. The summed E-state index contributed by atoms with van der Waals surface area (Å²) in [5, 5.41) is 3.45. The predicted molar refractivity (Wildman–Crippen MR) is 71.3 cm³/mol. The second kappa shape index (κ2) is 5.30. The van der Waals surface area contributed by atoms with E-state index in [0.29, 0.717) is 12.1 Å². The van der Waals surface area contributed by atoms with Crippen molar-refractivity contribution in [3.63, 3.8) is 0 Å². The Morgan fingerprint density at radius 3 is 3.00 bits per heavy atom. The Morgan fingerprint density at radius 1 is 1.56 bits per heavy atom. The molecule has 1 aliphatic heterocycles. The van der Waals surface area contributed by atoms with Gasteiger partial charge in [0.1, 0.15) is 0 Å². The summed E-state index contributed by atoms with van der Waals surface area (Å²) in [7, 11) is 0. The van der Waals surface area contributed by atoms with Gasteiger partial charge in [0.15, 0.2) is 0 Å². The molecule has 2 nitrogen and oxygen atoms in total. The lowest BCUT2D eigenvalue weighted by Gasteiger charge is -2.38. The van der Waals surface area contributed by atoms with Crippen molar-refractivity contribution in [2.45, 2.75) is 39.3 Å². The van der Waals surface area contributed by atoms with Crippen LogP contribution in [0.5, 0.6) is 0 Å². The first-order valence-electron chi connectivity index (χ1n) is 6.18. The maximum Gasteiger partial charge on any atom is 0.0195 e. The number of hydrogen-bond donors (Lipinski definition) is 1. The molecule has 2 unspecified atom stereocenters. The molecule has 2 heterocycles. The molecule has 0 spiro atoms. The molecule has 90 valence electrons. The lowest BCUT2D eigenvalue weighted by molar-refractivity contribution is 0.126. The summed E-state index contributed by atoms with van der Waals surface area (Å²) in [6.45, 7) is 10.3. The molecule has 2 rings (SSSR count). The summed E-state index contributed by atoms with van der Waals surface area (Å²) in [5.74, 6) is 0. The van der Waals surface area contributed by atoms with Crippen molar-refractivity contribution in [1.82, 2.24) is 10.2 Å². The van der Waals surface area contributed by atoms with Gasteiger partial charge in [0.2, 0.25) is 0 Å². The molecule has 2 atom stereocenters. The molecule has 1 fully saturated rings. The maximum absolute atomic E-state index is 3.45. The monoisotopic (exact) mass is 238 g/mol. The molecule has 0 amide bonds. The lowest BCUT2D eigenvalue weighted by atomic mass is 10.1. The lowest BCUT2D eigenvalue weighted by Crippen LogP contribution is -2.53. The average Bonchev–Trinajstić information content (AvgIpc) is 2.64. The van der Waals surface area contributed by atoms with Gasteiger partial charge < -0.3 is 5.32 Å². The highest BCUT2D eigenvalue weighted by molar-refractivity contribution is 7.11. The second-order valence-corrected chi connectivity index (χ2v) is 6.23. The molecule has 0 saturated carbocycles. The Hall–Kier alpha value is -0.380. The number of piperazine rings is 1. The average molecular weight is 238 g/mol. The number of hydrogen-bond acceptors (Lipinski definition) is 3. The van der Waals surface area contributed by atoms with Gasteiger partial charge in [-0.05, 0) is 39.3 Å². The summed E-state index contributed by atoms with van der Waals surface area (Å²) in [6.07, 6.45) is 1.20. The standard InChI is InChI=1S/C13H22N2S/c1-10(8-13-5-4-12(3)16-13)15-7-6-14-9-11(15)2/h4-5,10-11,14H,6-9H2,1-3H3. The topological polar surface area (TPSA) is 15.3 Å². The minimum Gasteiger partial charge on any atom is -0.314 e. The molecule has 0 radical (unpaired) electrons. The molecule has 1 saturated heterocycles. The van der Waals surface area contributed by atoms with Crippen molar-refractivity contribution in [3.05, 3.63) is 21.9 Å². The van der Waals surface area contributed by atoms with Crippen LogP contribution in [0.15, 0.2) is 12.1 Å². The Labute approximate surface area is 103 Å². The van der Waals surface area contributed by atoms with Gasteiger partial charge in [0.25, 0.3) is 0 Å². The first-order chi connectivity index (χ1) is 7.66. The number of aryl methyl sites for hydroxylation is 1. The molecular weight excluding hydrogens is 216 g/mol. The van der Waals surface area contributed by atoms with Crippen LogP contribution in [-0.4, -0.2) is 36.6 Å². The van der Waals surface area contributed by atoms with Crippen LogP contribution in [-0.2, 0) is 6.42 Å². The first-order valence-corrected chi connectivity index (χ1v) is 7.00. The van der Waals surface area contributed by atoms with Crippen LogP contribution in [0.1, 0.15) is 23.6 Å². The van der Waals surface area contributed by atoms with E-state index in [1.165, 1.54) is 22.7 Å². The first kappa shape index (κ1) is 12.1. The van der Waals surface area contributed by atoms with E-state index in [1.807, 2.05) is 11.3 Å². The van der Waals surface area contributed by atoms with Gasteiger partial charge in [-0.25, -0.2) is 0 Å². The van der Waals surface area contributed by atoms with E-state index in [1.54, 1.807) is 0 Å². The van der Waals surface area contributed by atoms with E-state index >= 15 is 0 Å². The molecule has 1 aliphatic rings. The Morgan fingerprint density at radius 2 is 2.38 bits per heavy atom. The van der Waals surface area contributed by atoms with Crippen molar-refractivity contribution in [2.24, 2.45) is 0 Å². The molecule has 0 bridgehead atoms. The zero-order valence-corrected chi connectivity index (χ0v) is 11.3. The van der Waals surface area contributed by atoms with Gasteiger partial charge in [-0.15, -0.1) is 11.3 Å². The zero-order chi connectivity index (χ0) is 11.5.